The number of ether oxygens (including phenoxy) is 2. The van der Waals surface area contributed by atoms with Crippen molar-refractivity contribution in [2.24, 2.45) is 0 Å². The summed E-state index contributed by atoms with van der Waals surface area (Å²) >= 11 is 3.31. The second kappa shape index (κ2) is 8.02. The number of carbonyl (C=O) groups is 2. The zero-order valence-corrected chi connectivity index (χ0v) is 13.2. The van der Waals surface area contributed by atoms with E-state index in [9.17, 15) is 9.59 Å². The Labute approximate surface area is 132 Å². The molecule has 0 aliphatic heterocycles. The maximum absolute atomic E-state index is 11.6. The van der Waals surface area contributed by atoms with Gasteiger partial charge in [0.05, 0.1) is 0 Å². The molecule has 0 spiro atoms. The summed E-state index contributed by atoms with van der Waals surface area (Å²) in [5, 5.41) is 2.85. The predicted octanol–water partition coefficient (Wildman–Crippen LogP) is 2.43. The van der Waals surface area contributed by atoms with Gasteiger partial charge in [0.1, 0.15) is 5.75 Å². The summed E-state index contributed by atoms with van der Waals surface area (Å²) in [4.78, 5) is 23.1. The molecule has 1 N–H and O–H groups in total. The molecule has 0 aromatic heterocycles. The Bertz CT molecular complexity index is 500. The van der Waals surface area contributed by atoms with Crippen LogP contribution in [0.5, 0.6) is 5.75 Å². The molecular weight excluding hydrogens is 338 g/mol. The van der Waals surface area contributed by atoms with Gasteiger partial charge >= 0.3 is 5.97 Å². The maximum atomic E-state index is 11.6. The van der Waals surface area contributed by atoms with E-state index in [2.05, 4.69) is 21.2 Å². The van der Waals surface area contributed by atoms with E-state index in [0.717, 1.165) is 30.2 Å². The fourth-order valence-corrected chi connectivity index (χ4v) is 2.60. The van der Waals surface area contributed by atoms with Crippen LogP contribution in [0.2, 0.25) is 0 Å². The Balaban J connectivity index is 1.64. The molecule has 21 heavy (non-hydrogen) atoms. The molecule has 0 unspecified atom stereocenters. The SMILES string of the molecule is O=C(COC(=O)COc1cccc(Br)c1)NC1CCCC1. The summed E-state index contributed by atoms with van der Waals surface area (Å²) in [7, 11) is 0. The van der Waals surface area contributed by atoms with Crippen molar-refractivity contribution in [1.29, 1.82) is 0 Å². The number of hydrogen-bond donors (Lipinski definition) is 1. The van der Waals surface area contributed by atoms with Gasteiger partial charge in [-0.25, -0.2) is 4.79 Å². The standard InChI is InChI=1S/C15H18BrNO4/c16-11-4-3-7-13(8-11)20-10-15(19)21-9-14(18)17-12-5-1-2-6-12/h3-4,7-8,12H,1-2,5-6,9-10H2,(H,17,18). The van der Waals surface area contributed by atoms with Gasteiger partial charge in [-0.3, -0.25) is 4.79 Å². The third-order valence-electron chi connectivity index (χ3n) is 3.24. The molecule has 1 aliphatic rings. The minimum Gasteiger partial charge on any atom is -0.482 e. The van der Waals surface area contributed by atoms with Crippen LogP contribution in [-0.4, -0.2) is 31.1 Å². The average molecular weight is 356 g/mol. The van der Waals surface area contributed by atoms with E-state index < -0.39 is 5.97 Å². The first-order valence-electron chi connectivity index (χ1n) is 6.97. The molecule has 1 fully saturated rings. The number of amides is 1. The van der Waals surface area contributed by atoms with Crippen molar-refractivity contribution >= 4 is 27.8 Å². The van der Waals surface area contributed by atoms with Gasteiger partial charge in [0.2, 0.25) is 0 Å². The molecule has 1 saturated carbocycles. The summed E-state index contributed by atoms with van der Waals surface area (Å²) < 4.78 is 11.0. The Kier molecular flexibility index (Phi) is 6.04. The van der Waals surface area contributed by atoms with Crippen LogP contribution in [-0.2, 0) is 14.3 Å². The lowest BCUT2D eigenvalue weighted by Gasteiger charge is -2.12. The fraction of sp³-hybridized carbons (Fsp3) is 0.467. The van der Waals surface area contributed by atoms with Gasteiger partial charge in [-0.1, -0.05) is 34.8 Å². The van der Waals surface area contributed by atoms with Crippen molar-refractivity contribution in [2.75, 3.05) is 13.2 Å². The highest BCUT2D eigenvalue weighted by molar-refractivity contribution is 9.10. The number of rotatable bonds is 6. The first-order valence-corrected chi connectivity index (χ1v) is 7.76. The van der Waals surface area contributed by atoms with Crippen LogP contribution in [0.1, 0.15) is 25.7 Å². The molecule has 5 nitrogen and oxygen atoms in total. The fourth-order valence-electron chi connectivity index (χ4n) is 2.23. The molecule has 0 atom stereocenters. The van der Waals surface area contributed by atoms with E-state index in [1.165, 1.54) is 0 Å². The molecule has 114 valence electrons. The molecule has 1 amide bonds. The summed E-state index contributed by atoms with van der Waals surface area (Å²) in [6.45, 7) is -0.468. The molecule has 0 radical (unpaired) electrons. The van der Waals surface area contributed by atoms with E-state index in [1.54, 1.807) is 18.2 Å². The predicted molar refractivity (Wildman–Crippen MR) is 81.0 cm³/mol. The molecule has 2 rings (SSSR count). The van der Waals surface area contributed by atoms with Crippen LogP contribution in [0.15, 0.2) is 28.7 Å². The van der Waals surface area contributed by atoms with Crippen molar-refractivity contribution in [3.05, 3.63) is 28.7 Å². The zero-order valence-electron chi connectivity index (χ0n) is 11.6. The number of nitrogens with one attached hydrogen (secondary N) is 1. The van der Waals surface area contributed by atoms with Crippen molar-refractivity contribution in [1.82, 2.24) is 5.32 Å². The van der Waals surface area contributed by atoms with Crippen LogP contribution < -0.4 is 10.1 Å². The smallest absolute Gasteiger partial charge is 0.344 e. The van der Waals surface area contributed by atoms with Crippen molar-refractivity contribution in [2.45, 2.75) is 31.7 Å². The summed E-state index contributed by atoms with van der Waals surface area (Å²) in [6.07, 6.45) is 4.30. The normalized spacial score (nSPS) is 14.7. The second-order valence-electron chi connectivity index (χ2n) is 4.96. The van der Waals surface area contributed by atoms with Gasteiger partial charge in [-0.05, 0) is 31.0 Å². The van der Waals surface area contributed by atoms with Crippen molar-refractivity contribution in [3.63, 3.8) is 0 Å². The summed E-state index contributed by atoms with van der Waals surface area (Å²) in [5.74, 6) is -0.244. The minimum atomic E-state index is -0.559. The van der Waals surface area contributed by atoms with E-state index in [-0.39, 0.29) is 25.2 Å². The lowest BCUT2D eigenvalue weighted by Crippen LogP contribution is -2.36. The van der Waals surface area contributed by atoms with Gasteiger partial charge in [0, 0.05) is 10.5 Å². The van der Waals surface area contributed by atoms with E-state index in [0.29, 0.717) is 5.75 Å². The van der Waals surface area contributed by atoms with Gasteiger partial charge in [-0.2, -0.15) is 0 Å². The maximum Gasteiger partial charge on any atom is 0.344 e. The second-order valence-corrected chi connectivity index (χ2v) is 5.87. The van der Waals surface area contributed by atoms with Crippen LogP contribution in [0.4, 0.5) is 0 Å². The van der Waals surface area contributed by atoms with Crippen molar-refractivity contribution < 1.29 is 19.1 Å². The summed E-state index contributed by atoms with van der Waals surface area (Å²) in [5.41, 5.74) is 0. The summed E-state index contributed by atoms with van der Waals surface area (Å²) in [6, 6.07) is 7.39. The average Bonchev–Trinajstić information content (AvgIpc) is 2.96. The number of esters is 1. The van der Waals surface area contributed by atoms with Gasteiger partial charge in [-0.15, -0.1) is 0 Å². The molecular formula is C15H18BrNO4. The largest absolute Gasteiger partial charge is 0.482 e. The van der Waals surface area contributed by atoms with E-state index in [4.69, 9.17) is 9.47 Å². The number of carbonyl (C=O) groups excluding carboxylic acids is 2. The number of hydrogen-bond acceptors (Lipinski definition) is 4. The van der Waals surface area contributed by atoms with Crippen LogP contribution in [0.3, 0.4) is 0 Å². The highest BCUT2D eigenvalue weighted by Crippen LogP contribution is 2.18. The molecule has 6 heteroatoms. The van der Waals surface area contributed by atoms with Gasteiger partial charge in [0.15, 0.2) is 13.2 Å². The van der Waals surface area contributed by atoms with Gasteiger partial charge < -0.3 is 14.8 Å². The lowest BCUT2D eigenvalue weighted by atomic mass is 10.2. The first-order chi connectivity index (χ1) is 10.1. The van der Waals surface area contributed by atoms with E-state index >= 15 is 0 Å². The third-order valence-corrected chi connectivity index (χ3v) is 3.73. The van der Waals surface area contributed by atoms with Gasteiger partial charge in [0.25, 0.3) is 5.91 Å². The quantitative estimate of drug-likeness (QED) is 0.796. The molecule has 1 aliphatic carbocycles. The molecule has 1 aromatic rings. The number of benzene rings is 1. The Morgan fingerprint density at radius 1 is 1.24 bits per heavy atom. The molecule has 0 saturated heterocycles. The number of halogens is 1. The topological polar surface area (TPSA) is 64.6 Å². The monoisotopic (exact) mass is 355 g/mol. The van der Waals surface area contributed by atoms with Crippen LogP contribution >= 0.6 is 15.9 Å². The Hall–Kier alpha value is -1.56. The highest BCUT2D eigenvalue weighted by Gasteiger charge is 2.17. The van der Waals surface area contributed by atoms with Crippen LogP contribution in [0.25, 0.3) is 0 Å². The Morgan fingerprint density at radius 3 is 2.71 bits per heavy atom. The third kappa shape index (κ3) is 5.75. The zero-order chi connectivity index (χ0) is 15.1. The lowest BCUT2D eigenvalue weighted by molar-refractivity contribution is -0.150. The van der Waals surface area contributed by atoms with E-state index in [1.807, 2.05) is 6.07 Å². The van der Waals surface area contributed by atoms with Crippen molar-refractivity contribution in [3.8, 4) is 5.75 Å². The minimum absolute atomic E-state index is 0.215. The Morgan fingerprint density at radius 2 is 2.00 bits per heavy atom. The molecule has 0 bridgehead atoms. The first kappa shape index (κ1) is 15.8. The molecule has 1 aromatic carbocycles. The highest BCUT2D eigenvalue weighted by atomic mass is 79.9. The molecule has 0 heterocycles. The van der Waals surface area contributed by atoms with Crippen LogP contribution in [0, 0.1) is 0 Å².